The third-order valence-electron chi connectivity index (χ3n) is 0. The number of hydrogen-bond acceptors (Lipinski definition) is 1. The summed E-state index contributed by atoms with van der Waals surface area (Å²) >= 11 is 0. The van der Waals surface area contributed by atoms with Crippen LogP contribution >= 0.6 is 0 Å². The molecule has 7 heavy (non-hydrogen) atoms. The molecule has 0 aliphatic rings. The second-order valence-corrected chi connectivity index (χ2v) is 0.283. The van der Waals surface area contributed by atoms with Gasteiger partial charge in [0, 0.05) is 17.1 Å². The van der Waals surface area contributed by atoms with E-state index >= 15 is 0 Å². The topological polar surface area (TPSA) is 89.0 Å². The van der Waals surface area contributed by atoms with E-state index in [0.29, 0.717) is 0 Å². The average molecular weight is 186 g/mol. The predicted molar refractivity (Wildman–Crippen MR) is 22.8 cm³/mol. The van der Waals surface area contributed by atoms with Gasteiger partial charge in [-0.3, -0.25) is 0 Å². The molecule has 0 aromatic rings. The Balaban J connectivity index is -0.0000000150. The minimum Gasteiger partial charge on any atom is 0 e. The van der Waals surface area contributed by atoms with Crippen LogP contribution in [0.3, 0.4) is 0 Å². The van der Waals surface area contributed by atoms with Gasteiger partial charge in [-0.15, -0.1) is 0 Å². The van der Waals surface area contributed by atoms with Crippen molar-refractivity contribution in [3.63, 3.8) is 0 Å². The smallest absolute Gasteiger partial charge is 0 e. The summed E-state index contributed by atoms with van der Waals surface area (Å²) in [5, 5.41) is 13.9. The maximum Gasteiger partial charge on any atom is 0 e. The van der Waals surface area contributed by atoms with Crippen molar-refractivity contribution in [1.29, 1.82) is 0 Å². The van der Waals surface area contributed by atoms with E-state index in [-0.39, 0.29) is 60.3 Å². The molecule has 0 saturated carbocycles. The van der Waals surface area contributed by atoms with Gasteiger partial charge in [-0.2, -0.15) is 0 Å². The van der Waals surface area contributed by atoms with Crippen LogP contribution in [0.15, 0.2) is 0 Å². The zero-order valence-corrected chi connectivity index (χ0v) is 3.55. The molecule has 0 saturated heterocycles. The summed E-state index contributed by atoms with van der Waals surface area (Å²) in [6.45, 7) is 0. The van der Waals surface area contributed by atoms with Gasteiger partial charge in [0.1, 0.15) is 0 Å². The maximum absolute atomic E-state index is 8.56. The largest absolute Gasteiger partial charge is 0 e. The van der Waals surface area contributed by atoms with Gasteiger partial charge in [0.15, 0.2) is 0 Å². The average Bonchev–Trinajstić information content (AvgIpc) is 0.811. The Labute approximate surface area is 80.7 Å². The SMILES string of the molecule is O.O=C(O)O.[CaH2].[Cu]. The fourth-order valence-electron chi connectivity index (χ4n) is 0. The second kappa shape index (κ2) is 15.7. The van der Waals surface area contributed by atoms with E-state index in [1.54, 1.807) is 0 Å². The minimum absolute atomic E-state index is 0. The molecule has 0 atom stereocenters. The van der Waals surface area contributed by atoms with Crippen LogP contribution in [-0.4, -0.2) is 59.6 Å². The first-order valence-corrected chi connectivity index (χ1v) is 0.651. The van der Waals surface area contributed by atoms with E-state index < -0.39 is 6.16 Å². The van der Waals surface area contributed by atoms with Gasteiger partial charge >= 0.3 is 43.9 Å². The van der Waals surface area contributed by atoms with E-state index in [1.807, 2.05) is 0 Å². The zero-order valence-electron chi connectivity index (χ0n) is 2.60. The molecule has 0 rings (SSSR count). The first-order valence-electron chi connectivity index (χ1n) is 0.651. The maximum atomic E-state index is 8.56. The van der Waals surface area contributed by atoms with E-state index in [2.05, 4.69) is 0 Å². The van der Waals surface area contributed by atoms with E-state index in [4.69, 9.17) is 15.0 Å². The number of carbonyl (C=O) groups is 1. The monoisotopic (exact) mass is 185 g/mol. The van der Waals surface area contributed by atoms with Crippen molar-refractivity contribution in [1.82, 2.24) is 0 Å². The van der Waals surface area contributed by atoms with Crippen LogP contribution in [0.4, 0.5) is 4.79 Å². The van der Waals surface area contributed by atoms with Crippen molar-refractivity contribution < 1.29 is 37.6 Å². The van der Waals surface area contributed by atoms with Gasteiger partial charge in [0.25, 0.3) is 0 Å². The number of carboxylic acid groups (broad SMARTS) is 2. The Morgan fingerprint density at radius 2 is 1.29 bits per heavy atom. The van der Waals surface area contributed by atoms with E-state index in [0.717, 1.165) is 0 Å². The molecule has 4 N–H and O–H groups in total. The van der Waals surface area contributed by atoms with E-state index in [1.165, 1.54) is 0 Å². The van der Waals surface area contributed by atoms with Crippen LogP contribution in [0.2, 0.25) is 0 Å². The Morgan fingerprint density at radius 1 is 1.29 bits per heavy atom. The quantitative estimate of drug-likeness (QED) is 0.450. The number of hydrogen-bond donors (Lipinski definition) is 2. The molecule has 0 unspecified atom stereocenters. The third-order valence-corrected chi connectivity index (χ3v) is 0. The second-order valence-electron chi connectivity index (χ2n) is 0.283. The van der Waals surface area contributed by atoms with Crippen LogP contribution in [-0.2, 0) is 17.1 Å². The summed E-state index contributed by atoms with van der Waals surface area (Å²) in [5.74, 6) is 0. The molecule has 47 valence electrons. The third kappa shape index (κ3) is 173. The van der Waals surface area contributed by atoms with Crippen LogP contribution in [0.5, 0.6) is 0 Å². The molecule has 0 aromatic heterocycles. The Kier molecular flexibility index (Phi) is 55.1. The van der Waals surface area contributed by atoms with Crippen molar-refractivity contribution in [2.24, 2.45) is 0 Å². The summed E-state index contributed by atoms with van der Waals surface area (Å²) in [7, 11) is 0. The van der Waals surface area contributed by atoms with Crippen LogP contribution in [0, 0.1) is 0 Å². The van der Waals surface area contributed by atoms with Crippen LogP contribution in [0.1, 0.15) is 0 Å². The Hall–Kier alpha value is 1.01. The minimum atomic E-state index is -1.83. The molecule has 4 nitrogen and oxygen atoms in total. The van der Waals surface area contributed by atoms with Crippen molar-refractivity contribution >= 4 is 43.9 Å². The fourth-order valence-corrected chi connectivity index (χ4v) is 0. The molecular weight excluding hydrogens is 180 g/mol. The van der Waals surface area contributed by atoms with Crippen molar-refractivity contribution in [3.05, 3.63) is 0 Å². The van der Waals surface area contributed by atoms with Gasteiger partial charge in [-0.1, -0.05) is 0 Å². The van der Waals surface area contributed by atoms with Gasteiger partial charge in [0.2, 0.25) is 0 Å². The summed E-state index contributed by atoms with van der Waals surface area (Å²) in [4.78, 5) is 8.56. The standard InChI is InChI=1S/CH2O3.Ca.Cu.H2O.2H/c2-1(3)4;;;;;/h(H2,2,3,4);;;1H2;;. The molecule has 0 bridgehead atoms. The zero-order chi connectivity index (χ0) is 3.58. The van der Waals surface area contributed by atoms with Gasteiger partial charge in [-0.05, 0) is 0 Å². The summed E-state index contributed by atoms with van der Waals surface area (Å²) < 4.78 is 0. The van der Waals surface area contributed by atoms with Crippen LogP contribution in [0.25, 0.3) is 0 Å². The summed E-state index contributed by atoms with van der Waals surface area (Å²) in [6, 6.07) is 0. The molecular formula is CH6CaCuO4. The number of rotatable bonds is 0. The molecule has 0 heterocycles. The Bertz CT molecular complexity index is 34.7. The molecule has 1 radical (unpaired) electrons. The Morgan fingerprint density at radius 3 is 1.29 bits per heavy atom. The molecule has 0 spiro atoms. The fraction of sp³-hybridized carbons (Fsp3) is 0. The first kappa shape index (κ1) is 24.5. The van der Waals surface area contributed by atoms with Crippen molar-refractivity contribution in [3.8, 4) is 0 Å². The molecule has 0 fully saturated rings. The summed E-state index contributed by atoms with van der Waals surface area (Å²) in [6.07, 6.45) is -1.83. The molecule has 0 amide bonds. The van der Waals surface area contributed by atoms with Crippen molar-refractivity contribution in [2.75, 3.05) is 0 Å². The molecule has 6 heteroatoms. The predicted octanol–water partition coefficient (Wildman–Crippen LogP) is -1.52. The van der Waals surface area contributed by atoms with E-state index in [9.17, 15) is 0 Å². The normalized spacial score (nSPS) is 3.43. The molecule has 0 aliphatic heterocycles. The van der Waals surface area contributed by atoms with Gasteiger partial charge < -0.3 is 15.7 Å². The molecule has 0 aromatic carbocycles. The van der Waals surface area contributed by atoms with Gasteiger partial charge in [0.05, 0.1) is 0 Å². The van der Waals surface area contributed by atoms with Crippen LogP contribution < -0.4 is 0 Å². The summed E-state index contributed by atoms with van der Waals surface area (Å²) in [5.41, 5.74) is 0. The molecule has 0 aliphatic carbocycles. The van der Waals surface area contributed by atoms with Crippen molar-refractivity contribution in [2.45, 2.75) is 0 Å². The first-order chi connectivity index (χ1) is 1.73. The van der Waals surface area contributed by atoms with Gasteiger partial charge in [-0.25, -0.2) is 4.79 Å².